The zero-order chi connectivity index (χ0) is 11.4. The van der Waals surface area contributed by atoms with Gasteiger partial charge in [0, 0.05) is 25.2 Å². The number of hydrogen-bond donors (Lipinski definition) is 0. The van der Waals surface area contributed by atoms with E-state index in [0.717, 1.165) is 12.0 Å². The fraction of sp³-hybridized carbons (Fsp3) is 1.00. The van der Waals surface area contributed by atoms with E-state index in [1.807, 2.05) is 0 Å². The first-order valence-electron chi connectivity index (χ1n) is 6.10. The van der Waals surface area contributed by atoms with Crippen LogP contribution in [0.3, 0.4) is 0 Å². The summed E-state index contributed by atoms with van der Waals surface area (Å²) in [5.74, 6) is 0.763. The second kappa shape index (κ2) is 6.40. The van der Waals surface area contributed by atoms with Crippen molar-refractivity contribution in [2.45, 2.75) is 46.2 Å². The molecule has 1 aliphatic rings. The quantitative estimate of drug-likeness (QED) is 0.447. The average Bonchev–Trinajstić information content (AvgIpc) is 2.38. The highest BCUT2D eigenvalue weighted by atomic mass is 127. The van der Waals surface area contributed by atoms with Crippen LogP contribution in [0.1, 0.15) is 34.1 Å². The van der Waals surface area contributed by atoms with Gasteiger partial charge in [-0.2, -0.15) is 0 Å². The first kappa shape index (κ1) is 13.7. The van der Waals surface area contributed by atoms with Gasteiger partial charge >= 0.3 is 0 Å². The predicted octanol–water partition coefficient (Wildman–Crippen LogP) is 2.82. The summed E-state index contributed by atoms with van der Waals surface area (Å²) in [5.41, 5.74) is 0. The van der Waals surface area contributed by atoms with Crippen LogP contribution in [0, 0.1) is 5.92 Å². The van der Waals surface area contributed by atoms with E-state index in [4.69, 9.17) is 0 Å². The second-order valence-electron chi connectivity index (χ2n) is 5.19. The van der Waals surface area contributed by atoms with Crippen molar-refractivity contribution in [1.29, 1.82) is 0 Å². The topological polar surface area (TPSA) is 6.48 Å². The lowest BCUT2D eigenvalue weighted by Crippen LogP contribution is -2.45. The Hall–Kier alpha value is 0.650. The minimum atomic E-state index is 0.695. The molecule has 0 saturated carbocycles. The van der Waals surface area contributed by atoms with Crippen molar-refractivity contribution in [2.75, 3.05) is 24.2 Å². The van der Waals surface area contributed by atoms with E-state index < -0.39 is 0 Å². The predicted molar refractivity (Wildman–Crippen MR) is 75.5 cm³/mol. The van der Waals surface area contributed by atoms with Crippen LogP contribution in [0.25, 0.3) is 0 Å². The van der Waals surface area contributed by atoms with Crippen LogP contribution in [0.15, 0.2) is 0 Å². The van der Waals surface area contributed by atoms with E-state index in [0.29, 0.717) is 6.04 Å². The average molecular weight is 324 g/mol. The Morgan fingerprint density at radius 1 is 1.20 bits per heavy atom. The molecule has 15 heavy (non-hydrogen) atoms. The van der Waals surface area contributed by atoms with Crippen molar-refractivity contribution in [2.24, 2.45) is 5.92 Å². The molecule has 1 heterocycles. The van der Waals surface area contributed by atoms with E-state index in [1.165, 1.54) is 30.6 Å². The molecule has 0 amide bonds. The fourth-order valence-electron chi connectivity index (χ4n) is 2.34. The van der Waals surface area contributed by atoms with E-state index in [1.54, 1.807) is 0 Å². The van der Waals surface area contributed by atoms with E-state index in [2.05, 4.69) is 60.1 Å². The van der Waals surface area contributed by atoms with Gasteiger partial charge in [-0.15, -0.1) is 0 Å². The van der Waals surface area contributed by atoms with Crippen LogP contribution in [0.4, 0.5) is 0 Å². The SMILES string of the molecule is CC(C)[C@@H]1CN(C(C)C)CCCN1CI. The molecular formula is C12H25IN2. The molecule has 0 unspecified atom stereocenters. The van der Waals surface area contributed by atoms with Gasteiger partial charge in [0.15, 0.2) is 0 Å². The van der Waals surface area contributed by atoms with Crippen LogP contribution in [0.2, 0.25) is 0 Å². The van der Waals surface area contributed by atoms with Gasteiger partial charge in [-0.3, -0.25) is 9.80 Å². The molecule has 0 radical (unpaired) electrons. The summed E-state index contributed by atoms with van der Waals surface area (Å²) in [6.45, 7) is 13.1. The van der Waals surface area contributed by atoms with E-state index >= 15 is 0 Å². The Morgan fingerprint density at radius 2 is 1.87 bits per heavy atom. The molecule has 1 aliphatic heterocycles. The van der Waals surface area contributed by atoms with E-state index in [-0.39, 0.29) is 0 Å². The minimum Gasteiger partial charge on any atom is -0.299 e. The third-order valence-corrected chi connectivity index (χ3v) is 4.31. The van der Waals surface area contributed by atoms with Gasteiger partial charge < -0.3 is 0 Å². The highest BCUT2D eigenvalue weighted by molar-refractivity contribution is 14.1. The molecule has 1 rings (SSSR count). The van der Waals surface area contributed by atoms with Crippen molar-refractivity contribution in [1.82, 2.24) is 9.80 Å². The van der Waals surface area contributed by atoms with Crippen molar-refractivity contribution >= 4 is 22.6 Å². The van der Waals surface area contributed by atoms with Gasteiger partial charge in [0.1, 0.15) is 0 Å². The van der Waals surface area contributed by atoms with Gasteiger partial charge in [-0.1, -0.05) is 36.4 Å². The molecule has 2 nitrogen and oxygen atoms in total. The van der Waals surface area contributed by atoms with Crippen molar-refractivity contribution in [3.63, 3.8) is 0 Å². The summed E-state index contributed by atoms with van der Waals surface area (Å²) in [7, 11) is 0. The summed E-state index contributed by atoms with van der Waals surface area (Å²) in [6.07, 6.45) is 1.32. The number of rotatable bonds is 3. The molecule has 90 valence electrons. The Morgan fingerprint density at radius 3 is 2.33 bits per heavy atom. The van der Waals surface area contributed by atoms with Gasteiger partial charge in [-0.25, -0.2) is 0 Å². The lowest BCUT2D eigenvalue weighted by molar-refractivity contribution is 0.146. The van der Waals surface area contributed by atoms with Crippen LogP contribution in [0.5, 0.6) is 0 Å². The number of alkyl halides is 1. The Bertz CT molecular complexity index is 182. The van der Waals surface area contributed by atoms with Gasteiger partial charge in [0.25, 0.3) is 0 Å². The van der Waals surface area contributed by atoms with Gasteiger partial charge in [0.05, 0.1) is 4.55 Å². The first-order chi connectivity index (χ1) is 7.06. The van der Waals surface area contributed by atoms with Gasteiger partial charge in [-0.05, 0) is 32.7 Å². The molecule has 1 fully saturated rings. The molecule has 1 saturated heterocycles. The van der Waals surface area contributed by atoms with Crippen molar-refractivity contribution < 1.29 is 0 Å². The van der Waals surface area contributed by atoms with Crippen LogP contribution in [-0.2, 0) is 0 Å². The molecule has 0 N–H and O–H groups in total. The maximum Gasteiger partial charge on any atom is 0.0509 e. The normalized spacial score (nSPS) is 26.2. The maximum atomic E-state index is 2.65. The highest BCUT2D eigenvalue weighted by Crippen LogP contribution is 2.19. The summed E-state index contributed by atoms with van der Waals surface area (Å²) in [5, 5.41) is 0. The smallest absolute Gasteiger partial charge is 0.0509 e. The van der Waals surface area contributed by atoms with Crippen molar-refractivity contribution in [3.05, 3.63) is 0 Å². The molecule has 0 bridgehead atoms. The lowest BCUT2D eigenvalue weighted by Gasteiger charge is -2.34. The number of hydrogen-bond acceptors (Lipinski definition) is 2. The zero-order valence-electron chi connectivity index (χ0n) is 10.5. The van der Waals surface area contributed by atoms with Gasteiger partial charge in [0.2, 0.25) is 0 Å². The molecule has 1 atom stereocenters. The summed E-state index contributed by atoms with van der Waals surface area (Å²) < 4.78 is 1.17. The zero-order valence-corrected chi connectivity index (χ0v) is 12.7. The maximum absolute atomic E-state index is 2.65. The molecule has 0 aliphatic carbocycles. The van der Waals surface area contributed by atoms with Crippen LogP contribution in [-0.4, -0.2) is 46.1 Å². The molecule has 0 aromatic carbocycles. The molecular weight excluding hydrogens is 299 g/mol. The van der Waals surface area contributed by atoms with Crippen molar-refractivity contribution in [3.8, 4) is 0 Å². The highest BCUT2D eigenvalue weighted by Gasteiger charge is 2.27. The Kier molecular flexibility index (Phi) is 5.85. The summed E-state index contributed by atoms with van der Waals surface area (Å²) >= 11 is 2.50. The summed E-state index contributed by atoms with van der Waals surface area (Å²) in [4.78, 5) is 5.28. The van der Waals surface area contributed by atoms with E-state index in [9.17, 15) is 0 Å². The monoisotopic (exact) mass is 324 g/mol. The second-order valence-corrected chi connectivity index (χ2v) is 5.87. The Balaban J connectivity index is 2.67. The first-order valence-corrected chi connectivity index (χ1v) is 7.63. The van der Waals surface area contributed by atoms with Crippen LogP contribution < -0.4 is 0 Å². The molecule has 3 heteroatoms. The Labute approximate surface area is 109 Å². The molecule has 0 aromatic heterocycles. The summed E-state index contributed by atoms with van der Waals surface area (Å²) in [6, 6.07) is 1.44. The van der Waals surface area contributed by atoms with Crippen LogP contribution >= 0.6 is 22.6 Å². The largest absolute Gasteiger partial charge is 0.299 e. The fourth-order valence-corrected chi connectivity index (χ4v) is 3.19. The number of nitrogens with zero attached hydrogens (tertiary/aromatic N) is 2. The molecule has 0 spiro atoms. The standard InChI is InChI=1S/C12H25IN2/c1-10(2)12-8-14(11(3)4)6-5-7-15(12)9-13/h10-12H,5-9H2,1-4H3/t12-/m0/s1. The lowest BCUT2D eigenvalue weighted by atomic mass is 10.0. The molecule has 0 aromatic rings. The minimum absolute atomic E-state index is 0.695. The third kappa shape index (κ3) is 3.86. The third-order valence-electron chi connectivity index (χ3n) is 3.43. The number of halogens is 1.